The van der Waals surface area contributed by atoms with E-state index in [1.165, 1.54) is 0 Å². The normalized spacial score (nSPS) is 7.00. The first-order valence-corrected chi connectivity index (χ1v) is 1.82. The van der Waals surface area contributed by atoms with Crippen LogP contribution >= 0.6 is 0 Å². The minimum Gasteiger partial charge on any atom is -0.366 e. The van der Waals surface area contributed by atoms with Crippen molar-refractivity contribution >= 4 is 5.91 Å². The summed E-state index contributed by atoms with van der Waals surface area (Å²) in [6, 6.07) is 0. The van der Waals surface area contributed by atoms with Crippen molar-refractivity contribution in [2.45, 2.75) is 0 Å². The van der Waals surface area contributed by atoms with Crippen molar-refractivity contribution in [1.29, 1.82) is 0 Å². The molecule has 0 aliphatic carbocycles. The molecule has 0 spiro atoms. The molecule has 0 aromatic heterocycles. The van der Waals surface area contributed by atoms with Gasteiger partial charge in [-0.2, -0.15) is 4.91 Å². The minimum absolute atomic E-state index is 0.121. The fourth-order valence-electron chi connectivity index (χ4n) is 0.145. The molecule has 3 N–H and O–H groups in total. The summed E-state index contributed by atoms with van der Waals surface area (Å²) in [6.07, 6.45) is 0. The summed E-state index contributed by atoms with van der Waals surface area (Å²) in [5, 5.41) is 2.84. The number of carbonyl (C=O) groups excluding carboxylic acids is 1. The molecule has 44 valence electrons. The minimum atomic E-state index is -0.558. The Morgan fingerprint density at radius 1 is 2.00 bits per heavy atom. The quantitative estimate of drug-likeness (QED) is 0.219. The molecule has 0 heterocycles. The van der Waals surface area contributed by atoms with Crippen molar-refractivity contribution in [3.63, 3.8) is 0 Å². The molecule has 0 rings (SSSR count). The van der Waals surface area contributed by atoms with E-state index in [4.69, 9.17) is 5.53 Å². The van der Waals surface area contributed by atoms with Crippen LogP contribution in [0.3, 0.4) is 0 Å². The van der Waals surface area contributed by atoms with E-state index in [0.29, 0.717) is 0 Å². The molecule has 0 fully saturated rings. The third kappa shape index (κ3) is 4.58. The second kappa shape index (κ2) is 3.76. The van der Waals surface area contributed by atoms with Crippen LogP contribution in [-0.4, -0.2) is 12.5 Å². The molecule has 0 atom stereocenters. The fraction of sp³-hybridized carbons (Fsp3) is 0.500. The van der Waals surface area contributed by atoms with E-state index in [2.05, 4.69) is 21.3 Å². The van der Waals surface area contributed by atoms with Gasteiger partial charge in [-0.1, -0.05) is 0 Å². The Hall–Kier alpha value is -1.42. The summed E-state index contributed by atoms with van der Waals surface area (Å²) in [7, 11) is 0. The molecule has 6 nitrogen and oxygen atoms in total. The highest BCUT2D eigenvalue weighted by Gasteiger charge is 1.88. The highest BCUT2D eigenvalue weighted by molar-refractivity contribution is 5.75. The second-order valence-electron chi connectivity index (χ2n) is 0.991. The highest BCUT2D eigenvalue weighted by atomic mass is 16.1. The van der Waals surface area contributed by atoms with Gasteiger partial charge in [0.2, 0.25) is 0 Å². The lowest BCUT2D eigenvalue weighted by molar-refractivity contribution is -0.117. The predicted octanol–water partition coefficient (Wildman–Crippen LogP) is -0.713. The largest absolute Gasteiger partial charge is 0.366 e. The molecule has 1 amide bonds. The first-order valence-electron chi connectivity index (χ1n) is 1.82. The van der Waals surface area contributed by atoms with E-state index in [-0.39, 0.29) is 6.54 Å². The van der Waals surface area contributed by atoms with Crippen molar-refractivity contribution in [2.75, 3.05) is 6.54 Å². The molecule has 8 heavy (non-hydrogen) atoms. The van der Waals surface area contributed by atoms with Gasteiger partial charge in [0.1, 0.15) is 0 Å². The number of primary amides is 1. The van der Waals surface area contributed by atoms with Gasteiger partial charge in [0.15, 0.2) is 6.54 Å². The molecule has 0 aromatic carbocycles. The Morgan fingerprint density at radius 3 is 3.00 bits per heavy atom. The van der Waals surface area contributed by atoms with Crippen molar-refractivity contribution in [2.24, 2.45) is 11.0 Å². The summed E-state index contributed by atoms with van der Waals surface area (Å²) in [5.41, 5.74) is 14.3. The molecule has 0 bridgehead atoms. The zero-order valence-electron chi connectivity index (χ0n) is 4.03. The third-order valence-corrected chi connectivity index (χ3v) is 0.369. The first-order chi connectivity index (χ1) is 3.77. The van der Waals surface area contributed by atoms with Crippen LogP contribution in [0.1, 0.15) is 0 Å². The molecule has 0 aliphatic heterocycles. The Morgan fingerprint density at radius 2 is 2.62 bits per heavy atom. The summed E-state index contributed by atoms with van der Waals surface area (Å²) in [4.78, 5) is 12.2. The van der Waals surface area contributed by atoms with Crippen LogP contribution < -0.4 is 11.2 Å². The van der Waals surface area contributed by atoms with Crippen LogP contribution in [0.4, 0.5) is 0 Å². The van der Waals surface area contributed by atoms with Gasteiger partial charge in [-0.3, -0.25) is 10.2 Å². The fourth-order valence-corrected chi connectivity index (χ4v) is 0.145. The molecule has 0 aromatic rings. The van der Waals surface area contributed by atoms with E-state index in [9.17, 15) is 4.79 Å². The topological polar surface area (TPSA) is 104 Å². The Labute approximate surface area is 45.3 Å². The van der Waals surface area contributed by atoms with Gasteiger partial charge in [-0.15, -0.1) is 5.53 Å². The second-order valence-corrected chi connectivity index (χ2v) is 0.991. The number of carbonyl (C=O) groups is 1. The van der Waals surface area contributed by atoms with Gasteiger partial charge < -0.3 is 5.73 Å². The van der Waals surface area contributed by atoms with Crippen molar-refractivity contribution < 1.29 is 4.79 Å². The van der Waals surface area contributed by atoms with Crippen molar-refractivity contribution in [3.05, 3.63) is 10.4 Å². The maximum Gasteiger partial charge on any atom is 0.259 e. The smallest absolute Gasteiger partial charge is 0.259 e. The summed E-state index contributed by atoms with van der Waals surface area (Å²) < 4.78 is 0. The molecule has 0 saturated heterocycles. The molecule has 0 radical (unpaired) electrons. The number of nitrogens with two attached hydrogens (primary N) is 1. The van der Waals surface area contributed by atoms with E-state index >= 15 is 0 Å². The van der Waals surface area contributed by atoms with Crippen LogP contribution in [0.5, 0.6) is 0 Å². The lowest BCUT2D eigenvalue weighted by Gasteiger charge is -1.84. The van der Waals surface area contributed by atoms with Crippen molar-refractivity contribution in [1.82, 2.24) is 5.43 Å². The highest BCUT2D eigenvalue weighted by Crippen LogP contribution is 1.58. The standard InChI is InChI=1S/C2H5N5O/c3-2(8)1-5-7-6-4/h5H,1H2,(H2,3,8). The van der Waals surface area contributed by atoms with Crippen LogP contribution in [-0.2, 0) is 4.79 Å². The Balaban J connectivity index is 3.18. The van der Waals surface area contributed by atoms with Gasteiger partial charge in [0.05, 0.1) is 0 Å². The van der Waals surface area contributed by atoms with E-state index < -0.39 is 5.91 Å². The SMILES string of the molecule is [N-]=[N+]=NNCC(N)=O. The first kappa shape index (κ1) is 6.58. The molecular formula is C2H5N5O. The number of rotatable bonds is 3. The van der Waals surface area contributed by atoms with Gasteiger partial charge in [-0.05, 0) is 5.22 Å². The van der Waals surface area contributed by atoms with Crippen LogP contribution in [0.25, 0.3) is 10.4 Å². The summed E-state index contributed by atoms with van der Waals surface area (Å²) in [6.45, 7) is -0.121. The maximum absolute atomic E-state index is 9.85. The predicted molar refractivity (Wildman–Crippen MR) is 26.3 cm³/mol. The molecule has 0 saturated carbocycles. The molecule has 0 aliphatic rings. The number of azide groups is 1. The lowest BCUT2D eigenvalue weighted by atomic mass is 10.7. The Bertz CT molecular complexity index is 122. The van der Waals surface area contributed by atoms with Crippen LogP contribution in [0, 0.1) is 0 Å². The summed E-state index contributed by atoms with van der Waals surface area (Å²) >= 11 is 0. The van der Waals surface area contributed by atoms with Crippen LogP contribution in [0.2, 0.25) is 0 Å². The number of hydrogen-bond acceptors (Lipinski definition) is 2. The average molecular weight is 115 g/mol. The lowest BCUT2D eigenvalue weighted by Crippen LogP contribution is -2.24. The number of amides is 1. The number of nitrogens with one attached hydrogen (secondary N) is 1. The van der Waals surface area contributed by atoms with Gasteiger partial charge in [0, 0.05) is 0 Å². The third-order valence-electron chi connectivity index (χ3n) is 0.369. The average Bonchev–Trinajstić information content (AvgIpc) is 1.66. The van der Waals surface area contributed by atoms with Gasteiger partial charge >= 0.3 is 0 Å². The van der Waals surface area contributed by atoms with E-state index in [1.54, 1.807) is 0 Å². The zero-order valence-corrected chi connectivity index (χ0v) is 4.03. The van der Waals surface area contributed by atoms with Gasteiger partial charge in [0.25, 0.3) is 5.91 Å². The van der Waals surface area contributed by atoms with E-state index in [0.717, 1.165) is 0 Å². The molecule has 6 heteroatoms. The summed E-state index contributed by atoms with van der Waals surface area (Å²) in [5.74, 6) is -0.558. The van der Waals surface area contributed by atoms with E-state index in [1.807, 2.05) is 0 Å². The Kier molecular flexibility index (Phi) is 3.09. The van der Waals surface area contributed by atoms with Gasteiger partial charge in [-0.25, -0.2) is 0 Å². The molecule has 0 unspecified atom stereocenters. The number of hydrogen-bond donors (Lipinski definition) is 2. The maximum atomic E-state index is 9.85. The van der Waals surface area contributed by atoms with Crippen molar-refractivity contribution in [3.8, 4) is 0 Å². The number of nitrogens with zero attached hydrogens (tertiary/aromatic N) is 3. The zero-order chi connectivity index (χ0) is 6.41. The molecular weight excluding hydrogens is 110 g/mol. The monoisotopic (exact) mass is 115 g/mol. The van der Waals surface area contributed by atoms with Crippen LogP contribution in [0.15, 0.2) is 5.22 Å².